The van der Waals surface area contributed by atoms with Crippen LogP contribution >= 0.6 is 0 Å². The Morgan fingerprint density at radius 1 is 1.38 bits per heavy atom. The zero-order chi connectivity index (χ0) is 15.6. The molecule has 0 spiro atoms. The monoisotopic (exact) mass is 288 g/mol. The van der Waals surface area contributed by atoms with E-state index in [1.165, 1.54) is 0 Å². The molecule has 1 saturated heterocycles. The lowest BCUT2D eigenvalue weighted by atomic mass is 10.1. The van der Waals surface area contributed by atoms with Gasteiger partial charge in [-0.05, 0) is 38.3 Å². The molecule has 0 saturated carbocycles. The highest BCUT2D eigenvalue weighted by Crippen LogP contribution is 2.25. The summed E-state index contributed by atoms with van der Waals surface area (Å²) < 4.78 is 0. The highest BCUT2D eigenvalue weighted by atomic mass is 16.2. The number of amides is 2. The van der Waals surface area contributed by atoms with Gasteiger partial charge >= 0.3 is 0 Å². The molecule has 2 rings (SSSR count). The Bertz CT molecular complexity index is 533. The quantitative estimate of drug-likeness (QED) is 0.926. The van der Waals surface area contributed by atoms with Crippen LogP contribution in [0.2, 0.25) is 0 Å². The van der Waals surface area contributed by atoms with Gasteiger partial charge in [0.1, 0.15) is 0 Å². The van der Waals surface area contributed by atoms with Crippen molar-refractivity contribution in [3.05, 3.63) is 29.3 Å². The minimum absolute atomic E-state index is 0.0495. The number of nitrogens with zero attached hydrogens (tertiary/aromatic N) is 1. The van der Waals surface area contributed by atoms with Gasteiger partial charge in [-0.2, -0.15) is 0 Å². The number of hydrogen-bond donors (Lipinski definition) is 1. The zero-order valence-electron chi connectivity index (χ0n) is 13.3. The molecule has 114 valence electrons. The van der Waals surface area contributed by atoms with Gasteiger partial charge in [0.25, 0.3) is 0 Å². The molecular weight excluding hydrogens is 264 g/mol. The Morgan fingerprint density at radius 3 is 2.57 bits per heavy atom. The molecule has 1 N–H and O–H groups in total. The minimum Gasteiger partial charge on any atom is -0.339 e. The lowest BCUT2D eigenvalue weighted by Crippen LogP contribution is -2.35. The number of hydrogen-bond acceptors (Lipinski definition) is 2. The zero-order valence-corrected chi connectivity index (χ0v) is 13.3. The molecule has 0 aliphatic carbocycles. The number of carbonyl (C=O) groups excluding carboxylic acids is 2. The van der Waals surface area contributed by atoms with E-state index in [4.69, 9.17) is 0 Å². The van der Waals surface area contributed by atoms with E-state index in [1.807, 2.05) is 43.9 Å². The Balaban J connectivity index is 2.07. The van der Waals surface area contributed by atoms with Crippen molar-refractivity contribution in [3.63, 3.8) is 0 Å². The Morgan fingerprint density at radius 2 is 2.00 bits per heavy atom. The van der Waals surface area contributed by atoms with Crippen LogP contribution in [0.1, 0.15) is 37.8 Å². The van der Waals surface area contributed by atoms with Gasteiger partial charge in [0.15, 0.2) is 0 Å². The SMILES string of the molecule is CCC(C)N1CC(C(=O)Nc2c(C)cccc2C)CC1=O. The lowest BCUT2D eigenvalue weighted by Gasteiger charge is -2.23. The number of benzene rings is 1. The fraction of sp³-hybridized carbons (Fsp3) is 0.529. The summed E-state index contributed by atoms with van der Waals surface area (Å²) in [5.74, 6) is -0.205. The third kappa shape index (κ3) is 3.26. The molecule has 1 aliphatic heterocycles. The van der Waals surface area contributed by atoms with Crippen LogP contribution < -0.4 is 5.32 Å². The van der Waals surface area contributed by atoms with Crippen molar-refractivity contribution in [2.75, 3.05) is 11.9 Å². The first-order valence-electron chi connectivity index (χ1n) is 7.60. The largest absolute Gasteiger partial charge is 0.339 e. The third-order valence-corrected chi connectivity index (χ3v) is 4.38. The van der Waals surface area contributed by atoms with Crippen molar-refractivity contribution in [2.24, 2.45) is 5.92 Å². The number of anilines is 1. The number of rotatable bonds is 4. The second-order valence-corrected chi connectivity index (χ2v) is 5.96. The lowest BCUT2D eigenvalue weighted by molar-refractivity contribution is -0.129. The summed E-state index contributed by atoms with van der Waals surface area (Å²) in [7, 11) is 0. The molecule has 2 atom stereocenters. The van der Waals surface area contributed by atoms with Crippen molar-refractivity contribution in [1.82, 2.24) is 4.90 Å². The van der Waals surface area contributed by atoms with Crippen LogP contribution in [0.25, 0.3) is 0 Å². The highest BCUT2D eigenvalue weighted by Gasteiger charge is 2.36. The van der Waals surface area contributed by atoms with Crippen LogP contribution in [0.5, 0.6) is 0 Å². The van der Waals surface area contributed by atoms with Crippen molar-refractivity contribution in [3.8, 4) is 0 Å². The van der Waals surface area contributed by atoms with E-state index in [0.717, 1.165) is 23.2 Å². The number of likely N-dealkylation sites (tertiary alicyclic amines) is 1. The standard InChI is InChI=1S/C17H24N2O2/c1-5-13(4)19-10-14(9-15(19)20)17(21)18-16-11(2)7-6-8-12(16)3/h6-8,13-14H,5,9-10H2,1-4H3,(H,18,21). The van der Waals surface area contributed by atoms with Crippen LogP contribution in [-0.4, -0.2) is 29.3 Å². The van der Waals surface area contributed by atoms with E-state index in [9.17, 15) is 9.59 Å². The van der Waals surface area contributed by atoms with Gasteiger partial charge in [0, 0.05) is 24.7 Å². The predicted octanol–water partition coefficient (Wildman–Crippen LogP) is 2.89. The molecule has 0 bridgehead atoms. The molecule has 0 radical (unpaired) electrons. The molecule has 2 amide bonds. The molecule has 1 aromatic rings. The van der Waals surface area contributed by atoms with Crippen LogP contribution in [0.4, 0.5) is 5.69 Å². The first kappa shape index (κ1) is 15.5. The van der Waals surface area contributed by atoms with E-state index >= 15 is 0 Å². The maximum Gasteiger partial charge on any atom is 0.229 e. The Hall–Kier alpha value is -1.84. The molecule has 2 unspecified atom stereocenters. The topological polar surface area (TPSA) is 49.4 Å². The van der Waals surface area contributed by atoms with E-state index < -0.39 is 0 Å². The average molecular weight is 288 g/mol. The van der Waals surface area contributed by atoms with Gasteiger partial charge in [0.05, 0.1) is 5.92 Å². The second-order valence-electron chi connectivity index (χ2n) is 5.96. The van der Waals surface area contributed by atoms with Gasteiger partial charge in [-0.1, -0.05) is 25.1 Å². The minimum atomic E-state index is -0.245. The molecule has 0 aromatic heterocycles. The molecule has 1 aromatic carbocycles. The first-order valence-corrected chi connectivity index (χ1v) is 7.60. The summed E-state index contributed by atoms with van der Waals surface area (Å²) in [6.45, 7) is 8.58. The molecule has 1 aliphatic rings. The van der Waals surface area contributed by atoms with E-state index in [0.29, 0.717) is 13.0 Å². The molecule has 1 heterocycles. The van der Waals surface area contributed by atoms with E-state index in [-0.39, 0.29) is 23.8 Å². The van der Waals surface area contributed by atoms with Gasteiger partial charge in [-0.3, -0.25) is 9.59 Å². The van der Waals surface area contributed by atoms with E-state index in [2.05, 4.69) is 12.2 Å². The fourth-order valence-corrected chi connectivity index (χ4v) is 2.79. The van der Waals surface area contributed by atoms with Crippen LogP contribution in [-0.2, 0) is 9.59 Å². The highest BCUT2D eigenvalue weighted by molar-refractivity contribution is 5.98. The Kier molecular flexibility index (Phi) is 4.66. The number of nitrogens with one attached hydrogen (secondary N) is 1. The Labute approximate surface area is 126 Å². The summed E-state index contributed by atoms with van der Waals surface area (Å²) in [5, 5.41) is 3.00. The van der Waals surface area contributed by atoms with Crippen LogP contribution in [0, 0.1) is 19.8 Å². The summed E-state index contributed by atoms with van der Waals surface area (Å²) in [4.78, 5) is 26.3. The molecule has 21 heavy (non-hydrogen) atoms. The maximum absolute atomic E-state index is 12.4. The average Bonchev–Trinajstić information content (AvgIpc) is 2.84. The number of aryl methyl sites for hydroxylation is 2. The van der Waals surface area contributed by atoms with Gasteiger partial charge < -0.3 is 10.2 Å². The van der Waals surface area contributed by atoms with Crippen LogP contribution in [0.15, 0.2) is 18.2 Å². The summed E-state index contributed by atoms with van der Waals surface area (Å²) in [6.07, 6.45) is 1.23. The molecule has 4 nitrogen and oxygen atoms in total. The smallest absolute Gasteiger partial charge is 0.229 e. The predicted molar refractivity (Wildman–Crippen MR) is 84.1 cm³/mol. The molecule has 4 heteroatoms. The second kappa shape index (κ2) is 6.29. The number of carbonyl (C=O) groups is 2. The van der Waals surface area contributed by atoms with Gasteiger partial charge in [-0.25, -0.2) is 0 Å². The van der Waals surface area contributed by atoms with Crippen molar-refractivity contribution >= 4 is 17.5 Å². The fourth-order valence-electron chi connectivity index (χ4n) is 2.79. The van der Waals surface area contributed by atoms with Crippen molar-refractivity contribution in [1.29, 1.82) is 0 Å². The molecule has 1 fully saturated rings. The maximum atomic E-state index is 12.4. The van der Waals surface area contributed by atoms with Gasteiger partial charge in [0.2, 0.25) is 11.8 Å². The summed E-state index contributed by atoms with van der Waals surface area (Å²) >= 11 is 0. The number of para-hydroxylation sites is 1. The third-order valence-electron chi connectivity index (χ3n) is 4.38. The summed E-state index contributed by atoms with van der Waals surface area (Å²) in [6, 6.07) is 6.14. The van der Waals surface area contributed by atoms with E-state index in [1.54, 1.807) is 0 Å². The first-order chi connectivity index (χ1) is 9.93. The normalized spacial score (nSPS) is 19.7. The molecular formula is C17H24N2O2. The van der Waals surface area contributed by atoms with Crippen molar-refractivity contribution < 1.29 is 9.59 Å². The van der Waals surface area contributed by atoms with Crippen molar-refractivity contribution in [2.45, 2.75) is 46.6 Å². The van der Waals surface area contributed by atoms with Gasteiger partial charge in [-0.15, -0.1) is 0 Å². The summed E-state index contributed by atoms with van der Waals surface area (Å²) in [5.41, 5.74) is 2.97. The van der Waals surface area contributed by atoms with Crippen LogP contribution in [0.3, 0.4) is 0 Å².